The Morgan fingerprint density at radius 1 is 1.16 bits per heavy atom. The highest BCUT2D eigenvalue weighted by Crippen LogP contribution is 2.31. The summed E-state index contributed by atoms with van der Waals surface area (Å²) >= 11 is 0. The first kappa shape index (κ1) is 22.6. The monoisotopic (exact) mass is 441 g/mol. The highest BCUT2D eigenvalue weighted by atomic mass is 19.1. The first-order valence-electron chi connectivity index (χ1n) is 11.6. The van der Waals surface area contributed by atoms with Crippen molar-refractivity contribution in [3.8, 4) is 0 Å². The second kappa shape index (κ2) is 9.92. The SMILES string of the molecule is CC.CC1CN(Cc2ccc(F)cc2)CC1c1nn2c(C3CCOCC3)ncc2c(=O)[nH]1. The molecule has 1 N–H and O–H groups in total. The van der Waals surface area contributed by atoms with Gasteiger partial charge in [0.25, 0.3) is 5.56 Å². The zero-order chi connectivity index (χ0) is 22.7. The molecule has 2 saturated heterocycles. The number of nitrogens with one attached hydrogen (secondary N) is 1. The molecule has 2 aliphatic heterocycles. The Hall–Kier alpha value is -2.58. The van der Waals surface area contributed by atoms with Gasteiger partial charge in [0.1, 0.15) is 17.5 Å². The summed E-state index contributed by atoms with van der Waals surface area (Å²) in [5.74, 6) is 2.09. The molecule has 5 rings (SSSR count). The van der Waals surface area contributed by atoms with Gasteiger partial charge in [-0.25, -0.2) is 13.9 Å². The third-order valence-corrected chi connectivity index (χ3v) is 6.39. The van der Waals surface area contributed by atoms with Crippen LogP contribution in [0.15, 0.2) is 35.3 Å². The number of halogens is 1. The predicted molar refractivity (Wildman–Crippen MR) is 121 cm³/mol. The Morgan fingerprint density at radius 2 is 1.88 bits per heavy atom. The van der Waals surface area contributed by atoms with Crippen LogP contribution in [0, 0.1) is 11.7 Å². The minimum absolute atomic E-state index is 0.132. The molecule has 8 heteroatoms. The van der Waals surface area contributed by atoms with E-state index in [9.17, 15) is 9.18 Å². The molecule has 2 atom stereocenters. The van der Waals surface area contributed by atoms with Gasteiger partial charge in [-0.1, -0.05) is 32.9 Å². The predicted octanol–water partition coefficient (Wildman–Crippen LogP) is 3.71. The maximum absolute atomic E-state index is 13.2. The average molecular weight is 442 g/mol. The Kier molecular flexibility index (Phi) is 7.01. The summed E-state index contributed by atoms with van der Waals surface area (Å²) in [7, 11) is 0. The fourth-order valence-electron chi connectivity index (χ4n) is 4.73. The van der Waals surface area contributed by atoms with Crippen molar-refractivity contribution >= 4 is 5.52 Å². The number of aromatic nitrogens is 4. The van der Waals surface area contributed by atoms with Crippen LogP contribution in [0.1, 0.15) is 62.7 Å². The van der Waals surface area contributed by atoms with E-state index >= 15 is 0 Å². The van der Waals surface area contributed by atoms with Gasteiger partial charge in [-0.05, 0) is 36.5 Å². The summed E-state index contributed by atoms with van der Waals surface area (Å²) in [6.45, 7) is 10.1. The number of likely N-dealkylation sites (tertiary alicyclic amines) is 1. The summed E-state index contributed by atoms with van der Waals surface area (Å²) in [6, 6.07) is 6.64. The molecule has 0 aliphatic carbocycles. The molecule has 0 bridgehead atoms. The molecule has 7 nitrogen and oxygen atoms in total. The summed E-state index contributed by atoms with van der Waals surface area (Å²) in [5, 5.41) is 4.84. The lowest BCUT2D eigenvalue weighted by Crippen LogP contribution is -2.24. The van der Waals surface area contributed by atoms with E-state index in [0.29, 0.717) is 30.5 Å². The number of nitrogens with zero attached hydrogens (tertiary/aromatic N) is 4. The second-order valence-corrected chi connectivity index (χ2v) is 8.54. The fraction of sp³-hybridized carbons (Fsp3) is 0.542. The van der Waals surface area contributed by atoms with Crippen LogP contribution in [0.4, 0.5) is 4.39 Å². The van der Waals surface area contributed by atoms with Crippen LogP contribution in [-0.2, 0) is 11.3 Å². The molecule has 2 aromatic heterocycles. The minimum Gasteiger partial charge on any atom is -0.381 e. The molecule has 1 aromatic carbocycles. The van der Waals surface area contributed by atoms with Crippen LogP contribution in [0.2, 0.25) is 0 Å². The van der Waals surface area contributed by atoms with Crippen molar-refractivity contribution in [1.29, 1.82) is 0 Å². The van der Waals surface area contributed by atoms with Crippen molar-refractivity contribution in [2.24, 2.45) is 5.92 Å². The topological polar surface area (TPSA) is 75.5 Å². The number of imidazole rings is 1. The number of benzene rings is 1. The highest BCUT2D eigenvalue weighted by Gasteiger charge is 2.33. The van der Waals surface area contributed by atoms with Crippen LogP contribution >= 0.6 is 0 Å². The molecular formula is C24H32FN5O2. The van der Waals surface area contributed by atoms with Crippen molar-refractivity contribution in [2.45, 2.75) is 52.0 Å². The molecule has 0 spiro atoms. The fourth-order valence-corrected chi connectivity index (χ4v) is 4.73. The van der Waals surface area contributed by atoms with Gasteiger partial charge < -0.3 is 9.72 Å². The molecule has 3 aromatic rings. The van der Waals surface area contributed by atoms with E-state index in [0.717, 1.165) is 43.9 Å². The van der Waals surface area contributed by atoms with Gasteiger partial charge in [0.15, 0.2) is 5.52 Å². The number of hydrogen-bond donors (Lipinski definition) is 1. The molecule has 2 unspecified atom stereocenters. The van der Waals surface area contributed by atoms with E-state index in [1.165, 1.54) is 12.1 Å². The van der Waals surface area contributed by atoms with Crippen LogP contribution in [0.25, 0.3) is 5.52 Å². The lowest BCUT2D eigenvalue weighted by atomic mass is 9.97. The Morgan fingerprint density at radius 3 is 2.59 bits per heavy atom. The third-order valence-electron chi connectivity index (χ3n) is 6.39. The standard InChI is InChI=1S/C22H26FN5O2.C2H6/c1-14-11-27(12-15-2-4-17(23)5-3-15)13-18(14)20-25-22(29)19-10-24-21(28(19)26-20)16-6-8-30-9-7-16;1-2/h2-5,10,14,16,18H,6-9,11-13H2,1H3,(H,25,26,29);1-2H3. The van der Waals surface area contributed by atoms with Gasteiger partial charge in [0.05, 0.1) is 6.20 Å². The molecule has 32 heavy (non-hydrogen) atoms. The minimum atomic E-state index is -0.220. The van der Waals surface area contributed by atoms with Crippen LogP contribution in [0.5, 0.6) is 0 Å². The Labute approximate surface area is 187 Å². The van der Waals surface area contributed by atoms with Crippen molar-refractivity contribution in [3.63, 3.8) is 0 Å². The van der Waals surface area contributed by atoms with Crippen molar-refractivity contribution < 1.29 is 9.13 Å². The summed E-state index contributed by atoms with van der Waals surface area (Å²) in [5.41, 5.74) is 1.43. The second-order valence-electron chi connectivity index (χ2n) is 8.54. The third kappa shape index (κ3) is 4.61. The first-order valence-corrected chi connectivity index (χ1v) is 11.6. The van der Waals surface area contributed by atoms with Crippen LogP contribution < -0.4 is 5.56 Å². The van der Waals surface area contributed by atoms with Gasteiger partial charge in [0.2, 0.25) is 0 Å². The number of fused-ring (bicyclic) bond motifs is 1. The number of H-pyrrole nitrogens is 1. The lowest BCUT2D eigenvalue weighted by Gasteiger charge is -2.21. The van der Waals surface area contributed by atoms with Gasteiger partial charge >= 0.3 is 0 Å². The zero-order valence-corrected chi connectivity index (χ0v) is 19.1. The number of hydrogen-bond acceptors (Lipinski definition) is 5. The lowest BCUT2D eigenvalue weighted by molar-refractivity contribution is 0.0832. The first-order chi connectivity index (χ1) is 15.6. The van der Waals surface area contributed by atoms with E-state index in [2.05, 4.69) is 21.8 Å². The molecule has 0 amide bonds. The molecule has 172 valence electrons. The van der Waals surface area contributed by atoms with Crippen molar-refractivity contribution in [2.75, 3.05) is 26.3 Å². The van der Waals surface area contributed by atoms with E-state index in [4.69, 9.17) is 9.84 Å². The van der Waals surface area contributed by atoms with Crippen LogP contribution in [0.3, 0.4) is 0 Å². The molecule has 2 aliphatic rings. The number of ether oxygens (including phenoxy) is 1. The van der Waals surface area contributed by atoms with Crippen molar-refractivity contribution in [3.05, 3.63) is 63.8 Å². The number of rotatable bonds is 4. The van der Waals surface area contributed by atoms with Crippen LogP contribution in [-0.4, -0.2) is 50.8 Å². The van der Waals surface area contributed by atoms with Gasteiger partial charge in [0, 0.05) is 44.7 Å². The normalized spacial score (nSPS) is 22.1. The maximum atomic E-state index is 13.2. The van der Waals surface area contributed by atoms with Gasteiger partial charge in [-0.3, -0.25) is 9.69 Å². The molecule has 0 saturated carbocycles. The van der Waals surface area contributed by atoms with E-state index < -0.39 is 0 Å². The van der Waals surface area contributed by atoms with Crippen molar-refractivity contribution in [1.82, 2.24) is 24.5 Å². The molecular weight excluding hydrogens is 409 g/mol. The number of aromatic amines is 1. The van der Waals surface area contributed by atoms with E-state index in [-0.39, 0.29) is 23.2 Å². The Bertz CT molecular complexity index is 1090. The largest absolute Gasteiger partial charge is 0.381 e. The summed E-state index contributed by atoms with van der Waals surface area (Å²) in [4.78, 5) is 22.6. The molecule has 4 heterocycles. The summed E-state index contributed by atoms with van der Waals surface area (Å²) < 4.78 is 20.4. The van der Waals surface area contributed by atoms with Gasteiger partial charge in [-0.2, -0.15) is 5.10 Å². The Balaban J connectivity index is 0.00000119. The summed E-state index contributed by atoms with van der Waals surface area (Å²) in [6.07, 6.45) is 3.42. The smallest absolute Gasteiger partial charge is 0.276 e. The highest BCUT2D eigenvalue weighted by molar-refractivity contribution is 5.42. The maximum Gasteiger partial charge on any atom is 0.276 e. The van der Waals surface area contributed by atoms with Gasteiger partial charge in [-0.15, -0.1) is 0 Å². The quantitative estimate of drug-likeness (QED) is 0.668. The van der Waals surface area contributed by atoms with E-state index in [1.807, 2.05) is 26.0 Å². The van der Waals surface area contributed by atoms with E-state index in [1.54, 1.807) is 10.7 Å². The zero-order valence-electron chi connectivity index (χ0n) is 19.1. The molecule has 2 fully saturated rings. The molecule has 0 radical (unpaired) electrons. The average Bonchev–Trinajstić information content (AvgIpc) is 3.41.